The van der Waals surface area contributed by atoms with Gasteiger partial charge in [-0.05, 0) is 34.1 Å². The van der Waals surface area contributed by atoms with E-state index in [2.05, 4.69) is 21.2 Å². The Bertz CT molecular complexity index is 420. The first kappa shape index (κ1) is 11.9. The lowest BCUT2D eigenvalue weighted by Gasteiger charge is -2.35. The van der Waals surface area contributed by atoms with Crippen molar-refractivity contribution in [2.45, 2.75) is 6.04 Å². The Kier molecular flexibility index (Phi) is 3.52. The van der Waals surface area contributed by atoms with Crippen molar-refractivity contribution in [1.29, 1.82) is 0 Å². The number of nitrogens with one attached hydrogen (secondary N) is 1. The maximum atomic E-state index is 12.1. The molecular formula is C11H12BrClN2O. The highest BCUT2D eigenvalue weighted by atomic mass is 79.9. The van der Waals surface area contributed by atoms with Crippen LogP contribution in [0.25, 0.3) is 0 Å². The Morgan fingerprint density at radius 1 is 1.56 bits per heavy atom. The van der Waals surface area contributed by atoms with E-state index >= 15 is 0 Å². The van der Waals surface area contributed by atoms with Gasteiger partial charge >= 0.3 is 0 Å². The van der Waals surface area contributed by atoms with Gasteiger partial charge in [0.05, 0.1) is 11.6 Å². The van der Waals surface area contributed by atoms with Crippen LogP contribution < -0.4 is 5.32 Å². The monoisotopic (exact) mass is 302 g/mol. The minimum atomic E-state index is 0.0232. The molecule has 0 unspecified atom stereocenters. The number of benzene rings is 1. The second-order valence-electron chi connectivity index (χ2n) is 3.85. The van der Waals surface area contributed by atoms with Crippen LogP contribution in [-0.4, -0.2) is 37.0 Å². The first-order valence-electron chi connectivity index (χ1n) is 5.02. The number of amides is 1. The van der Waals surface area contributed by atoms with Crippen LogP contribution in [0.1, 0.15) is 10.4 Å². The zero-order valence-electron chi connectivity index (χ0n) is 8.84. The summed E-state index contributed by atoms with van der Waals surface area (Å²) in [6, 6.07) is 5.51. The van der Waals surface area contributed by atoms with Crippen LogP contribution in [0.5, 0.6) is 0 Å². The van der Waals surface area contributed by atoms with E-state index in [1.54, 1.807) is 23.1 Å². The third-order valence-corrected chi connectivity index (χ3v) is 3.68. The molecule has 0 aliphatic carbocycles. The Balaban J connectivity index is 2.19. The molecule has 0 spiro atoms. The van der Waals surface area contributed by atoms with Gasteiger partial charge in [-0.3, -0.25) is 4.79 Å². The third kappa shape index (κ3) is 2.24. The van der Waals surface area contributed by atoms with Crippen molar-refractivity contribution in [3.05, 3.63) is 33.3 Å². The average molecular weight is 304 g/mol. The molecule has 1 aromatic rings. The maximum absolute atomic E-state index is 12.1. The number of hydrogen-bond acceptors (Lipinski definition) is 2. The Hall–Kier alpha value is -0.580. The molecule has 1 aliphatic heterocycles. The molecule has 1 aromatic carbocycles. The highest BCUT2D eigenvalue weighted by Crippen LogP contribution is 2.23. The highest BCUT2D eigenvalue weighted by Gasteiger charge is 2.26. The fourth-order valence-electron chi connectivity index (χ4n) is 1.57. The summed E-state index contributed by atoms with van der Waals surface area (Å²) in [4.78, 5) is 13.9. The van der Waals surface area contributed by atoms with E-state index < -0.39 is 0 Å². The molecule has 16 heavy (non-hydrogen) atoms. The fraction of sp³-hybridized carbons (Fsp3) is 0.364. The quantitative estimate of drug-likeness (QED) is 0.908. The van der Waals surface area contributed by atoms with Crippen LogP contribution in [-0.2, 0) is 0 Å². The van der Waals surface area contributed by atoms with E-state index in [-0.39, 0.29) is 5.91 Å². The van der Waals surface area contributed by atoms with E-state index in [9.17, 15) is 4.79 Å². The number of hydrogen-bond donors (Lipinski definition) is 1. The molecule has 3 nitrogen and oxygen atoms in total. The number of nitrogens with zero attached hydrogens (tertiary/aromatic N) is 1. The molecule has 0 atom stereocenters. The van der Waals surface area contributed by atoms with Crippen LogP contribution in [0.2, 0.25) is 5.02 Å². The summed E-state index contributed by atoms with van der Waals surface area (Å²) < 4.78 is 0.740. The van der Waals surface area contributed by atoms with Crippen molar-refractivity contribution in [3.8, 4) is 0 Å². The molecule has 1 aliphatic rings. The van der Waals surface area contributed by atoms with E-state index in [1.165, 1.54) is 0 Å². The largest absolute Gasteiger partial charge is 0.336 e. The van der Waals surface area contributed by atoms with Gasteiger partial charge in [0.1, 0.15) is 0 Å². The molecule has 86 valence electrons. The van der Waals surface area contributed by atoms with Crippen LogP contribution in [0.4, 0.5) is 0 Å². The van der Waals surface area contributed by atoms with Gasteiger partial charge in [0.2, 0.25) is 0 Å². The fourth-order valence-corrected chi connectivity index (χ4v) is 2.42. The van der Waals surface area contributed by atoms with Gasteiger partial charge < -0.3 is 10.2 Å². The smallest absolute Gasteiger partial charge is 0.255 e. The minimum Gasteiger partial charge on any atom is -0.336 e. The number of likely N-dealkylation sites (N-methyl/N-ethyl adjacent to an activating group) is 1. The molecule has 1 saturated heterocycles. The van der Waals surface area contributed by atoms with Crippen molar-refractivity contribution < 1.29 is 4.79 Å². The van der Waals surface area contributed by atoms with Gasteiger partial charge in [0.15, 0.2) is 0 Å². The summed E-state index contributed by atoms with van der Waals surface area (Å²) in [6.45, 7) is 1.74. The van der Waals surface area contributed by atoms with Crippen molar-refractivity contribution in [2.75, 3.05) is 20.1 Å². The van der Waals surface area contributed by atoms with Gasteiger partial charge in [-0.1, -0.05) is 11.6 Å². The van der Waals surface area contributed by atoms with Crippen molar-refractivity contribution in [3.63, 3.8) is 0 Å². The summed E-state index contributed by atoms with van der Waals surface area (Å²) in [5, 5.41) is 3.77. The lowest BCUT2D eigenvalue weighted by Crippen LogP contribution is -2.57. The number of carbonyl (C=O) groups excluding carboxylic acids is 1. The number of rotatable bonds is 2. The second kappa shape index (κ2) is 4.73. The molecule has 0 saturated carbocycles. The Labute approximate surface area is 108 Å². The zero-order chi connectivity index (χ0) is 11.7. The van der Waals surface area contributed by atoms with E-state index in [0.717, 1.165) is 17.6 Å². The van der Waals surface area contributed by atoms with Crippen molar-refractivity contribution in [2.24, 2.45) is 0 Å². The number of halogens is 2. The predicted octanol–water partition coefficient (Wildman–Crippen LogP) is 2.15. The molecule has 2 rings (SSSR count). The van der Waals surface area contributed by atoms with Crippen LogP contribution in [0.3, 0.4) is 0 Å². The lowest BCUT2D eigenvalue weighted by molar-refractivity contribution is 0.0680. The second-order valence-corrected chi connectivity index (χ2v) is 5.14. The molecule has 1 fully saturated rings. The molecule has 1 N–H and O–H groups in total. The molecular weight excluding hydrogens is 291 g/mol. The number of carbonyl (C=O) groups is 1. The van der Waals surface area contributed by atoms with Crippen molar-refractivity contribution >= 4 is 33.4 Å². The topological polar surface area (TPSA) is 32.3 Å². The van der Waals surface area contributed by atoms with Gasteiger partial charge in [0.25, 0.3) is 5.91 Å². The van der Waals surface area contributed by atoms with Crippen molar-refractivity contribution in [1.82, 2.24) is 10.2 Å². The average Bonchev–Trinajstić information content (AvgIpc) is 2.14. The Morgan fingerprint density at radius 3 is 2.75 bits per heavy atom. The standard InChI is InChI=1S/C11H12BrClN2O/c1-15(8-5-14-6-8)11(16)9-3-2-7(13)4-10(9)12/h2-4,8,14H,5-6H2,1H3. The minimum absolute atomic E-state index is 0.0232. The van der Waals surface area contributed by atoms with E-state index in [4.69, 9.17) is 11.6 Å². The van der Waals surface area contributed by atoms with E-state index in [1.807, 2.05) is 7.05 Å². The van der Waals surface area contributed by atoms with Gasteiger partial charge in [-0.2, -0.15) is 0 Å². The summed E-state index contributed by atoms with van der Waals surface area (Å²) in [7, 11) is 1.83. The molecule has 1 amide bonds. The summed E-state index contributed by atoms with van der Waals surface area (Å²) in [6.07, 6.45) is 0. The summed E-state index contributed by atoms with van der Waals surface area (Å²) >= 11 is 9.19. The third-order valence-electron chi connectivity index (χ3n) is 2.79. The zero-order valence-corrected chi connectivity index (χ0v) is 11.2. The first-order valence-corrected chi connectivity index (χ1v) is 6.19. The molecule has 5 heteroatoms. The normalized spacial score (nSPS) is 15.7. The SMILES string of the molecule is CN(C(=O)c1ccc(Cl)cc1Br)C1CNC1. The molecule has 1 heterocycles. The van der Waals surface area contributed by atoms with Crippen LogP contribution in [0, 0.1) is 0 Å². The predicted molar refractivity (Wildman–Crippen MR) is 67.9 cm³/mol. The first-order chi connectivity index (χ1) is 7.59. The maximum Gasteiger partial charge on any atom is 0.255 e. The van der Waals surface area contributed by atoms with Gasteiger partial charge in [-0.15, -0.1) is 0 Å². The molecule has 0 aromatic heterocycles. The van der Waals surface area contributed by atoms with Gasteiger partial charge in [-0.25, -0.2) is 0 Å². The van der Waals surface area contributed by atoms with Crippen LogP contribution in [0.15, 0.2) is 22.7 Å². The van der Waals surface area contributed by atoms with E-state index in [0.29, 0.717) is 16.6 Å². The molecule has 0 bridgehead atoms. The molecule has 0 radical (unpaired) electrons. The van der Waals surface area contributed by atoms with Crippen LogP contribution >= 0.6 is 27.5 Å². The Morgan fingerprint density at radius 2 is 2.25 bits per heavy atom. The van der Waals surface area contributed by atoms with Gasteiger partial charge in [0, 0.05) is 29.6 Å². The summed E-state index contributed by atoms with van der Waals surface area (Å²) in [5.41, 5.74) is 0.652. The lowest BCUT2D eigenvalue weighted by atomic mass is 10.1. The summed E-state index contributed by atoms with van der Waals surface area (Å²) in [5.74, 6) is 0.0232. The highest BCUT2D eigenvalue weighted by molar-refractivity contribution is 9.10.